The third-order valence-corrected chi connectivity index (χ3v) is 5.42. The van der Waals surface area contributed by atoms with Crippen molar-refractivity contribution in [2.45, 2.75) is 56.9 Å². The summed E-state index contributed by atoms with van der Waals surface area (Å²) in [5.41, 5.74) is 0. The number of carbonyl (C=O) groups excluding carboxylic acids is 1. The molecule has 6 nitrogen and oxygen atoms in total. The fourth-order valence-electron chi connectivity index (χ4n) is 3.12. The Balaban J connectivity index is 1.38. The van der Waals surface area contributed by atoms with Gasteiger partial charge in [-0.2, -0.15) is 4.98 Å². The van der Waals surface area contributed by atoms with Gasteiger partial charge in [-0.15, -0.1) is 11.3 Å². The van der Waals surface area contributed by atoms with Crippen LogP contribution in [-0.4, -0.2) is 32.5 Å². The summed E-state index contributed by atoms with van der Waals surface area (Å²) in [6, 6.07) is 0.140. The highest BCUT2D eigenvalue weighted by Crippen LogP contribution is 2.38. The van der Waals surface area contributed by atoms with Gasteiger partial charge in [-0.1, -0.05) is 5.16 Å². The Bertz CT molecular complexity index is 665. The zero-order chi connectivity index (χ0) is 15.6. The van der Waals surface area contributed by atoms with E-state index in [0.717, 1.165) is 49.5 Å². The Labute approximate surface area is 138 Å². The van der Waals surface area contributed by atoms with Crippen LogP contribution in [0.3, 0.4) is 0 Å². The van der Waals surface area contributed by atoms with Gasteiger partial charge in [-0.3, -0.25) is 4.79 Å². The zero-order valence-corrected chi connectivity index (χ0v) is 13.8. The molecule has 0 spiro atoms. The van der Waals surface area contributed by atoms with Crippen molar-refractivity contribution in [2.75, 3.05) is 6.54 Å². The van der Waals surface area contributed by atoms with E-state index in [2.05, 4.69) is 15.1 Å². The van der Waals surface area contributed by atoms with Crippen LogP contribution in [0.15, 0.2) is 16.1 Å². The first-order valence-corrected chi connectivity index (χ1v) is 9.20. The van der Waals surface area contributed by atoms with E-state index >= 15 is 0 Å². The third-order valence-electron chi connectivity index (χ3n) is 4.54. The maximum atomic E-state index is 12.6. The molecule has 122 valence electrons. The van der Waals surface area contributed by atoms with Gasteiger partial charge in [0.2, 0.25) is 11.8 Å². The van der Waals surface area contributed by atoms with Gasteiger partial charge in [0.25, 0.3) is 0 Å². The molecule has 2 aliphatic rings. The summed E-state index contributed by atoms with van der Waals surface area (Å²) < 4.78 is 5.26. The number of hydrogen-bond donors (Lipinski definition) is 0. The summed E-state index contributed by atoms with van der Waals surface area (Å²) in [4.78, 5) is 23.4. The molecule has 4 rings (SSSR count). The normalized spacial score (nSPS) is 21.6. The molecular weight excluding hydrogens is 312 g/mol. The molecule has 0 N–H and O–H groups in total. The van der Waals surface area contributed by atoms with Crippen LogP contribution in [0.4, 0.5) is 0 Å². The fraction of sp³-hybridized carbons (Fsp3) is 0.625. The predicted molar refractivity (Wildman–Crippen MR) is 85.0 cm³/mol. The van der Waals surface area contributed by atoms with E-state index in [1.54, 1.807) is 11.3 Å². The number of aryl methyl sites for hydroxylation is 1. The maximum Gasteiger partial charge on any atom is 0.227 e. The first-order chi connectivity index (χ1) is 11.3. The number of amides is 1. The number of aromatic nitrogens is 3. The Morgan fingerprint density at radius 3 is 3.04 bits per heavy atom. The molecule has 0 radical (unpaired) electrons. The largest absolute Gasteiger partial charge is 0.339 e. The molecule has 1 saturated heterocycles. The zero-order valence-electron chi connectivity index (χ0n) is 13.0. The second-order valence-corrected chi connectivity index (χ2v) is 7.22. The Hall–Kier alpha value is -1.76. The summed E-state index contributed by atoms with van der Waals surface area (Å²) in [5.74, 6) is 2.05. The van der Waals surface area contributed by atoms with E-state index < -0.39 is 0 Å². The highest BCUT2D eigenvalue weighted by molar-refractivity contribution is 7.09. The van der Waals surface area contributed by atoms with Crippen molar-refractivity contribution < 1.29 is 9.32 Å². The lowest BCUT2D eigenvalue weighted by Crippen LogP contribution is -2.38. The molecule has 1 aliphatic carbocycles. The Kier molecular flexibility index (Phi) is 4.11. The van der Waals surface area contributed by atoms with Gasteiger partial charge >= 0.3 is 0 Å². The molecule has 0 aromatic carbocycles. The molecule has 1 unspecified atom stereocenters. The molecule has 0 bridgehead atoms. The lowest BCUT2D eigenvalue weighted by Gasteiger charge is -2.34. The standard InChI is InChI=1S/C16H20N4O2S/c21-14(7-6-13-18-15(19-22-13)11-4-5-11)20-9-2-1-3-12(20)16-17-8-10-23-16/h8,10-12H,1-7,9H2. The monoisotopic (exact) mass is 332 g/mol. The van der Waals surface area contributed by atoms with Crippen LogP contribution in [-0.2, 0) is 11.2 Å². The molecule has 2 fully saturated rings. The summed E-state index contributed by atoms with van der Waals surface area (Å²) in [6.45, 7) is 0.820. The molecule has 1 atom stereocenters. The molecule has 2 aromatic rings. The average Bonchev–Trinajstić information content (AvgIpc) is 3.11. The van der Waals surface area contributed by atoms with Crippen LogP contribution < -0.4 is 0 Å². The van der Waals surface area contributed by atoms with E-state index in [9.17, 15) is 4.79 Å². The van der Waals surface area contributed by atoms with Crippen LogP contribution in [0.5, 0.6) is 0 Å². The molecule has 1 aliphatic heterocycles. The van der Waals surface area contributed by atoms with E-state index in [-0.39, 0.29) is 11.9 Å². The van der Waals surface area contributed by atoms with E-state index in [4.69, 9.17) is 4.52 Å². The first-order valence-electron chi connectivity index (χ1n) is 8.32. The second-order valence-electron chi connectivity index (χ2n) is 6.29. The van der Waals surface area contributed by atoms with Crippen molar-refractivity contribution in [1.29, 1.82) is 0 Å². The number of likely N-dealkylation sites (tertiary alicyclic amines) is 1. The maximum absolute atomic E-state index is 12.6. The first kappa shape index (κ1) is 14.8. The van der Waals surface area contributed by atoms with Crippen LogP contribution >= 0.6 is 11.3 Å². The highest BCUT2D eigenvalue weighted by Gasteiger charge is 2.31. The van der Waals surface area contributed by atoms with Gasteiger partial charge in [0.1, 0.15) is 5.01 Å². The van der Waals surface area contributed by atoms with Crippen molar-refractivity contribution in [3.8, 4) is 0 Å². The molecular formula is C16H20N4O2S. The topological polar surface area (TPSA) is 72.1 Å². The van der Waals surface area contributed by atoms with Gasteiger partial charge in [-0.05, 0) is 32.1 Å². The molecule has 7 heteroatoms. The van der Waals surface area contributed by atoms with Crippen LogP contribution in [0.1, 0.15) is 67.2 Å². The molecule has 23 heavy (non-hydrogen) atoms. The Morgan fingerprint density at radius 1 is 1.35 bits per heavy atom. The quantitative estimate of drug-likeness (QED) is 0.841. The van der Waals surface area contributed by atoms with Crippen LogP contribution in [0.25, 0.3) is 0 Å². The molecule has 2 aromatic heterocycles. The lowest BCUT2D eigenvalue weighted by molar-refractivity contribution is -0.135. The lowest BCUT2D eigenvalue weighted by atomic mass is 10.0. The summed E-state index contributed by atoms with van der Waals surface area (Å²) in [5, 5.41) is 7.03. The smallest absolute Gasteiger partial charge is 0.227 e. The minimum atomic E-state index is 0.140. The third kappa shape index (κ3) is 3.29. The average molecular weight is 332 g/mol. The minimum Gasteiger partial charge on any atom is -0.339 e. The number of rotatable bonds is 5. The predicted octanol–water partition coefficient (Wildman–Crippen LogP) is 3.09. The van der Waals surface area contributed by atoms with Crippen LogP contribution in [0, 0.1) is 0 Å². The minimum absolute atomic E-state index is 0.140. The van der Waals surface area contributed by atoms with Crippen molar-refractivity contribution in [2.24, 2.45) is 0 Å². The van der Waals surface area contributed by atoms with Crippen LogP contribution in [0.2, 0.25) is 0 Å². The van der Waals surface area contributed by atoms with Crippen molar-refractivity contribution in [3.05, 3.63) is 28.3 Å². The number of piperidine rings is 1. The number of hydrogen-bond acceptors (Lipinski definition) is 6. The van der Waals surface area contributed by atoms with Crippen molar-refractivity contribution in [3.63, 3.8) is 0 Å². The summed E-state index contributed by atoms with van der Waals surface area (Å²) in [7, 11) is 0. The number of carbonyl (C=O) groups is 1. The van der Waals surface area contributed by atoms with Gasteiger partial charge < -0.3 is 9.42 Å². The van der Waals surface area contributed by atoms with Crippen molar-refractivity contribution in [1.82, 2.24) is 20.0 Å². The summed E-state index contributed by atoms with van der Waals surface area (Å²) >= 11 is 1.63. The van der Waals surface area contributed by atoms with E-state index in [0.29, 0.717) is 24.7 Å². The van der Waals surface area contributed by atoms with Gasteiger partial charge in [0, 0.05) is 36.9 Å². The number of thiazole rings is 1. The van der Waals surface area contributed by atoms with Gasteiger partial charge in [0.15, 0.2) is 5.82 Å². The number of nitrogens with zero attached hydrogens (tertiary/aromatic N) is 4. The Morgan fingerprint density at radius 2 is 2.26 bits per heavy atom. The summed E-state index contributed by atoms with van der Waals surface area (Å²) in [6.07, 6.45) is 8.30. The molecule has 1 saturated carbocycles. The molecule has 1 amide bonds. The van der Waals surface area contributed by atoms with Gasteiger partial charge in [-0.25, -0.2) is 4.98 Å². The van der Waals surface area contributed by atoms with Gasteiger partial charge in [0.05, 0.1) is 6.04 Å². The second kappa shape index (κ2) is 6.39. The van der Waals surface area contributed by atoms with E-state index in [1.165, 1.54) is 0 Å². The SMILES string of the molecule is O=C(CCc1nc(C2CC2)no1)N1CCCCC1c1nccs1. The fourth-order valence-corrected chi connectivity index (χ4v) is 3.91. The van der Waals surface area contributed by atoms with Crippen molar-refractivity contribution >= 4 is 17.2 Å². The van der Waals surface area contributed by atoms with E-state index in [1.807, 2.05) is 16.5 Å². The highest BCUT2D eigenvalue weighted by atomic mass is 32.1. The molecule has 3 heterocycles.